The highest BCUT2D eigenvalue weighted by Gasteiger charge is 2.29. The van der Waals surface area contributed by atoms with Gasteiger partial charge in [0.25, 0.3) is 5.56 Å². The molecule has 0 aromatic carbocycles. The summed E-state index contributed by atoms with van der Waals surface area (Å²) in [6, 6.07) is 8.17. The topological polar surface area (TPSA) is 71.0 Å². The number of rotatable bonds is 3. The first-order valence-corrected chi connectivity index (χ1v) is 11.4. The van der Waals surface area contributed by atoms with Crippen molar-refractivity contribution in [3.05, 3.63) is 58.3 Å². The molecule has 32 heavy (non-hydrogen) atoms. The molecular formula is C24H27N7O. The number of fused-ring (bicyclic) bond motifs is 2. The van der Waals surface area contributed by atoms with Crippen LogP contribution in [0.2, 0.25) is 0 Å². The Morgan fingerprint density at radius 2 is 1.81 bits per heavy atom. The van der Waals surface area contributed by atoms with Gasteiger partial charge in [0.15, 0.2) is 5.65 Å². The fraction of sp³-hybridized carbons (Fsp3) is 0.417. The molecular weight excluding hydrogens is 402 g/mol. The molecule has 0 saturated carbocycles. The number of likely N-dealkylation sites (tertiary alicyclic amines) is 1. The second-order valence-corrected chi connectivity index (χ2v) is 9.09. The Bertz CT molecular complexity index is 1380. The van der Waals surface area contributed by atoms with E-state index in [1.165, 1.54) is 32.4 Å². The van der Waals surface area contributed by atoms with Crippen molar-refractivity contribution in [1.29, 1.82) is 0 Å². The smallest absolute Gasteiger partial charge is 0.258 e. The van der Waals surface area contributed by atoms with E-state index < -0.39 is 0 Å². The average molecular weight is 430 g/mol. The largest absolute Gasteiger partial charge is 0.369 e. The summed E-state index contributed by atoms with van der Waals surface area (Å²) in [5, 5.41) is 4.63. The quantitative estimate of drug-likeness (QED) is 0.499. The number of hydrogen-bond acceptors (Lipinski definition) is 6. The zero-order chi connectivity index (χ0) is 21.8. The van der Waals surface area contributed by atoms with Gasteiger partial charge in [-0.2, -0.15) is 5.10 Å². The van der Waals surface area contributed by atoms with Crippen LogP contribution in [0.15, 0.2) is 41.5 Å². The Kier molecular flexibility index (Phi) is 4.50. The van der Waals surface area contributed by atoms with Crippen molar-refractivity contribution in [1.82, 2.24) is 28.9 Å². The van der Waals surface area contributed by atoms with Crippen LogP contribution >= 0.6 is 0 Å². The molecule has 0 amide bonds. The minimum Gasteiger partial charge on any atom is -0.369 e. The zero-order valence-corrected chi connectivity index (χ0v) is 18.5. The van der Waals surface area contributed by atoms with Crippen molar-refractivity contribution in [3.8, 4) is 11.4 Å². The lowest BCUT2D eigenvalue weighted by atomic mass is 10.2. The van der Waals surface area contributed by atoms with E-state index in [9.17, 15) is 4.79 Å². The monoisotopic (exact) mass is 429 g/mol. The summed E-state index contributed by atoms with van der Waals surface area (Å²) >= 11 is 0. The SMILES string of the molecule is Cc1cn2nc(-c3cc(=O)n4cc(N5CCC(N6CCCC6)C5)ccc4n3)cc(C)c2n1. The van der Waals surface area contributed by atoms with Crippen molar-refractivity contribution in [2.45, 2.75) is 39.2 Å². The Balaban J connectivity index is 1.33. The van der Waals surface area contributed by atoms with Gasteiger partial charge in [0, 0.05) is 31.4 Å². The van der Waals surface area contributed by atoms with Crippen molar-refractivity contribution < 1.29 is 0 Å². The van der Waals surface area contributed by atoms with Gasteiger partial charge in [0.1, 0.15) is 11.3 Å². The van der Waals surface area contributed by atoms with Gasteiger partial charge < -0.3 is 4.90 Å². The Morgan fingerprint density at radius 1 is 0.969 bits per heavy atom. The summed E-state index contributed by atoms with van der Waals surface area (Å²) in [4.78, 5) is 27.3. The van der Waals surface area contributed by atoms with Gasteiger partial charge in [0.2, 0.25) is 0 Å². The Labute approximate surface area is 186 Å². The molecule has 2 saturated heterocycles. The van der Waals surface area contributed by atoms with Crippen molar-refractivity contribution in [2.75, 3.05) is 31.1 Å². The molecule has 1 unspecified atom stereocenters. The summed E-state index contributed by atoms with van der Waals surface area (Å²) in [5.74, 6) is 0. The average Bonchev–Trinajstić information content (AvgIpc) is 3.53. The van der Waals surface area contributed by atoms with Crippen LogP contribution in [0.1, 0.15) is 30.5 Å². The van der Waals surface area contributed by atoms with E-state index in [-0.39, 0.29) is 5.56 Å². The van der Waals surface area contributed by atoms with Gasteiger partial charge in [0.05, 0.1) is 23.3 Å². The van der Waals surface area contributed by atoms with Crippen LogP contribution in [0, 0.1) is 13.8 Å². The predicted molar refractivity (Wildman–Crippen MR) is 124 cm³/mol. The van der Waals surface area contributed by atoms with E-state index in [1.54, 1.807) is 15.0 Å². The number of anilines is 1. The van der Waals surface area contributed by atoms with Crippen LogP contribution in [0.3, 0.4) is 0 Å². The minimum absolute atomic E-state index is 0.0940. The molecule has 0 spiro atoms. The molecule has 1 atom stereocenters. The number of pyridine rings is 1. The molecule has 2 aliphatic rings. The van der Waals surface area contributed by atoms with E-state index >= 15 is 0 Å². The van der Waals surface area contributed by atoms with Crippen LogP contribution in [0.5, 0.6) is 0 Å². The number of nitrogens with zero attached hydrogens (tertiary/aromatic N) is 7. The number of aromatic nitrogens is 5. The lowest BCUT2D eigenvalue weighted by Crippen LogP contribution is -2.35. The fourth-order valence-corrected chi connectivity index (χ4v) is 5.16. The van der Waals surface area contributed by atoms with E-state index in [0.717, 1.165) is 35.7 Å². The third-order valence-corrected chi connectivity index (χ3v) is 6.82. The minimum atomic E-state index is -0.0940. The first-order chi connectivity index (χ1) is 15.5. The standard InChI is InChI=1S/C24H27N7O/c1-16-11-21(27-31-13-17(2)25-24(16)31)20-12-23(32)30-15-18(5-6-22(30)26-20)29-10-7-19(14-29)28-8-3-4-9-28/h5-6,11-13,15,19H,3-4,7-10,14H2,1-2H3. The van der Waals surface area contributed by atoms with E-state index in [2.05, 4.69) is 25.9 Å². The second-order valence-electron chi connectivity index (χ2n) is 9.09. The predicted octanol–water partition coefficient (Wildman–Crippen LogP) is 2.70. The summed E-state index contributed by atoms with van der Waals surface area (Å²) < 4.78 is 3.41. The Hall–Kier alpha value is -3.26. The van der Waals surface area contributed by atoms with Gasteiger partial charge in [-0.05, 0) is 70.0 Å². The van der Waals surface area contributed by atoms with E-state index in [1.807, 2.05) is 38.4 Å². The highest BCUT2D eigenvalue weighted by atomic mass is 16.1. The molecule has 0 radical (unpaired) electrons. The summed E-state index contributed by atoms with van der Waals surface area (Å²) in [6.07, 6.45) is 7.64. The molecule has 0 aliphatic carbocycles. The number of imidazole rings is 1. The first-order valence-electron chi connectivity index (χ1n) is 11.4. The van der Waals surface area contributed by atoms with Crippen LogP contribution in [-0.4, -0.2) is 61.1 Å². The number of aryl methyl sites for hydroxylation is 2. The molecule has 6 heterocycles. The molecule has 4 aromatic rings. The van der Waals surface area contributed by atoms with Crippen molar-refractivity contribution in [2.24, 2.45) is 0 Å². The normalized spacial score (nSPS) is 19.6. The van der Waals surface area contributed by atoms with Gasteiger partial charge >= 0.3 is 0 Å². The summed E-state index contributed by atoms with van der Waals surface area (Å²) in [6.45, 7) is 8.44. The summed E-state index contributed by atoms with van der Waals surface area (Å²) in [5.41, 5.74) is 5.61. The van der Waals surface area contributed by atoms with Gasteiger partial charge in [-0.15, -0.1) is 0 Å². The van der Waals surface area contributed by atoms with Gasteiger partial charge in [-0.25, -0.2) is 14.5 Å². The van der Waals surface area contributed by atoms with E-state index in [0.29, 0.717) is 23.1 Å². The molecule has 6 rings (SSSR count). The van der Waals surface area contributed by atoms with Crippen LogP contribution in [0.4, 0.5) is 5.69 Å². The van der Waals surface area contributed by atoms with Gasteiger partial charge in [-0.3, -0.25) is 14.1 Å². The maximum absolute atomic E-state index is 13.0. The van der Waals surface area contributed by atoms with E-state index in [4.69, 9.17) is 4.98 Å². The van der Waals surface area contributed by atoms with Crippen molar-refractivity contribution in [3.63, 3.8) is 0 Å². The van der Waals surface area contributed by atoms with Crippen LogP contribution < -0.4 is 10.5 Å². The fourth-order valence-electron chi connectivity index (χ4n) is 5.16. The second kappa shape index (κ2) is 7.41. The highest BCUT2D eigenvalue weighted by Crippen LogP contribution is 2.26. The third-order valence-electron chi connectivity index (χ3n) is 6.82. The lowest BCUT2D eigenvalue weighted by molar-refractivity contribution is 0.260. The first kappa shape index (κ1) is 19.4. The highest BCUT2D eigenvalue weighted by molar-refractivity contribution is 5.62. The van der Waals surface area contributed by atoms with Crippen LogP contribution in [-0.2, 0) is 0 Å². The molecule has 8 nitrogen and oxygen atoms in total. The molecule has 8 heteroatoms. The van der Waals surface area contributed by atoms with Crippen molar-refractivity contribution >= 4 is 17.0 Å². The van der Waals surface area contributed by atoms with Crippen LogP contribution in [0.25, 0.3) is 22.7 Å². The summed E-state index contributed by atoms with van der Waals surface area (Å²) in [7, 11) is 0. The molecule has 2 aliphatic heterocycles. The molecule has 0 N–H and O–H groups in total. The Morgan fingerprint density at radius 3 is 2.66 bits per heavy atom. The van der Waals surface area contributed by atoms with Gasteiger partial charge in [-0.1, -0.05) is 0 Å². The molecule has 0 bridgehead atoms. The maximum atomic E-state index is 13.0. The third kappa shape index (κ3) is 3.26. The maximum Gasteiger partial charge on any atom is 0.258 e. The number of hydrogen-bond donors (Lipinski definition) is 0. The lowest BCUT2D eigenvalue weighted by Gasteiger charge is -2.24. The zero-order valence-electron chi connectivity index (χ0n) is 18.5. The molecule has 2 fully saturated rings. The molecule has 164 valence electrons. The molecule has 4 aromatic heterocycles.